The number of carbonyl (C=O) groups excluding carboxylic acids is 1. The lowest BCUT2D eigenvalue weighted by molar-refractivity contribution is 0.0698. The molecule has 8 heteroatoms. The Kier molecular flexibility index (Phi) is 5.61. The second kappa shape index (κ2) is 7.24. The van der Waals surface area contributed by atoms with Crippen molar-refractivity contribution in [3.05, 3.63) is 27.7 Å². The summed E-state index contributed by atoms with van der Waals surface area (Å²) >= 11 is 13.6. The molecule has 1 aliphatic heterocycles. The van der Waals surface area contributed by atoms with E-state index in [1.165, 1.54) is 12.1 Å². The molecule has 2 amide bonds. The van der Waals surface area contributed by atoms with E-state index in [-0.39, 0.29) is 21.3 Å². The number of rotatable bonds is 4. The fraction of sp³-hybridized carbons (Fsp3) is 0.385. The van der Waals surface area contributed by atoms with Crippen LogP contribution in [0.1, 0.15) is 16.8 Å². The number of benzene rings is 1. The summed E-state index contributed by atoms with van der Waals surface area (Å²) in [5, 5.41) is 14.6. The van der Waals surface area contributed by atoms with Gasteiger partial charge in [0, 0.05) is 11.6 Å². The lowest BCUT2D eigenvalue weighted by Crippen LogP contribution is -2.33. The summed E-state index contributed by atoms with van der Waals surface area (Å²) in [6, 6.07) is 2.16. The first-order valence-corrected chi connectivity index (χ1v) is 8.23. The molecule has 1 unspecified atom stereocenters. The zero-order valence-electron chi connectivity index (χ0n) is 11.0. The molecule has 5 nitrogen and oxygen atoms in total. The molecule has 0 aliphatic carbocycles. The van der Waals surface area contributed by atoms with Gasteiger partial charge in [0.2, 0.25) is 0 Å². The van der Waals surface area contributed by atoms with E-state index < -0.39 is 12.0 Å². The molecule has 1 atom stereocenters. The van der Waals surface area contributed by atoms with Gasteiger partial charge < -0.3 is 15.7 Å². The van der Waals surface area contributed by atoms with Crippen LogP contribution in [0.25, 0.3) is 0 Å². The van der Waals surface area contributed by atoms with Crippen molar-refractivity contribution in [1.29, 1.82) is 0 Å². The van der Waals surface area contributed by atoms with Crippen LogP contribution >= 0.6 is 35.0 Å². The summed E-state index contributed by atoms with van der Waals surface area (Å²) < 4.78 is 0. The average molecular weight is 349 g/mol. The number of carbonyl (C=O) groups is 2. The summed E-state index contributed by atoms with van der Waals surface area (Å²) in [6.07, 6.45) is 1.08. The minimum absolute atomic E-state index is 0.0480. The molecule has 0 aromatic heterocycles. The zero-order valence-corrected chi connectivity index (χ0v) is 13.3. The van der Waals surface area contributed by atoms with Gasteiger partial charge in [0.15, 0.2) is 0 Å². The third-order valence-corrected chi connectivity index (χ3v) is 4.85. The number of halogens is 2. The highest BCUT2D eigenvalue weighted by molar-refractivity contribution is 7.99. The first-order valence-electron chi connectivity index (χ1n) is 6.32. The van der Waals surface area contributed by atoms with Crippen LogP contribution in [-0.2, 0) is 0 Å². The van der Waals surface area contributed by atoms with E-state index in [9.17, 15) is 9.59 Å². The molecule has 0 spiro atoms. The number of carboxylic acid groups (broad SMARTS) is 1. The van der Waals surface area contributed by atoms with Gasteiger partial charge in [-0.15, -0.1) is 0 Å². The summed E-state index contributed by atoms with van der Waals surface area (Å²) in [5.74, 6) is 1.39. The highest BCUT2D eigenvalue weighted by Gasteiger charge is 2.19. The molecule has 1 saturated heterocycles. The molecule has 1 aliphatic rings. The van der Waals surface area contributed by atoms with E-state index in [4.69, 9.17) is 28.3 Å². The van der Waals surface area contributed by atoms with E-state index in [2.05, 4.69) is 10.6 Å². The number of hydrogen-bond acceptors (Lipinski definition) is 3. The smallest absolute Gasteiger partial charge is 0.337 e. The largest absolute Gasteiger partial charge is 0.478 e. The van der Waals surface area contributed by atoms with Crippen molar-refractivity contribution >= 4 is 52.7 Å². The zero-order chi connectivity index (χ0) is 15.4. The molecule has 0 saturated carbocycles. The van der Waals surface area contributed by atoms with Crippen LogP contribution in [0.3, 0.4) is 0 Å². The standard InChI is InChI=1S/C13H14Cl2N2O3S/c14-8-3-9(12(18)19)11(10(15)4-8)17-13(20)16-5-7-1-2-21-6-7/h3-4,7H,1-2,5-6H2,(H,18,19)(H2,16,17,20). The van der Waals surface area contributed by atoms with Crippen LogP contribution in [0.15, 0.2) is 12.1 Å². The van der Waals surface area contributed by atoms with Gasteiger partial charge in [-0.3, -0.25) is 0 Å². The van der Waals surface area contributed by atoms with Gasteiger partial charge in [0.05, 0.1) is 16.3 Å². The number of nitrogens with one attached hydrogen (secondary N) is 2. The van der Waals surface area contributed by atoms with Crippen molar-refractivity contribution in [2.75, 3.05) is 23.4 Å². The normalized spacial score (nSPS) is 17.5. The van der Waals surface area contributed by atoms with Crippen LogP contribution in [0.4, 0.5) is 10.5 Å². The van der Waals surface area contributed by atoms with Crippen molar-refractivity contribution in [2.45, 2.75) is 6.42 Å². The van der Waals surface area contributed by atoms with Gasteiger partial charge >= 0.3 is 12.0 Å². The minimum atomic E-state index is -1.21. The van der Waals surface area contributed by atoms with E-state index in [0.29, 0.717) is 12.5 Å². The highest BCUT2D eigenvalue weighted by Crippen LogP contribution is 2.30. The molecule has 1 aromatic rings. The molecular weight excluding hydrogens is 335 g/mol. The molecule has 1 fully saturated rings. The van der Waals surface area contributed by atoms with Crippen LogP contribution < -0.4 is 10.6 Å². The van der Waals surface area contributed by atoms with Gasteiger partial charge in [-0.05, 0) is 36.0 Å². The number of aromatic carboxylic acids is 1. The molecule has 1 heterocycles. The predicted octanol–water partition coefficient (Wildman–Crippen LogP) is 3.57. The van der Waals surface area contributed by atoms with Crippen LogP contribution in [0.2, 0.25) is 10.0 Å². The Labute approximate surface area is 136 Å². The Morgan fingerprint density at radius 3 is 2.76 bits per heavy atom. The molecule has 114 valence electrons. The predicted molar refractivity (Wildman–Crippen MR) is 85.9 cm³/mol. The molecule has 0 radical (unpaired) electrons. The molecule has 2 rings (SSSR count). The van der Waals surface area contributed by atoms with Gasteiger partial charge in [-0.1, -0.05) is 23.2 Å². The summed E-state index contributed by atoms with van der Waals surface area (Å²) in [4.78, 5) is 23.1. The van der Waals surface area contributed by atoms with Gasteiger partial charge in [-0.25, -0.2) is 9.59 Å². The number of amides is 2. The van der Waals surface area contributed by atoms with Gasteiger partial charge in [-0.2, -0.15) is 11.8 Å². The molecular formula is C13H14Cl2N2O3S. The first-order chi connectivity index (χ1) is 9.97. The Morgan fingerprint density at radius 1 is 1.38 bits per heavy atom. The molecule has 0 bridgehead atoms. The van der Waals surface area contributed by atoms with Crippen molar-refractivity contribution in [3.63, 3.8) is 0 Å². The monoisotopic (exact) mass is 348 g/mol. The summed E-state index contributed by atoms with van der Waals surface area (Å²) in [7, 11) is 0. The number of carboxylic acids is 1. The Hall–Kier alpha value is -1.11. The van der Waals surface area contributed by atoms with E-state index in [0.717, 1.165) is 17.9 Å². The Bertz CT molecular complexity index is 563. The second-order valence-corrected chi connectivity index (χ2v) is 6.67. The van der Waals surface area contributed by atoms with Crippen LogP contribution in [0.5, 0.6) is 0 Å². The molecule has 3 N–H and O–H groups in total. The van der Waals surface area contributed by atoms with Crippen molar-refractivity contribution in [2.24, 2.45) is 5.92 Å². The van der Waals surface area contributed by atoms with Crippen molar-refractivity contribution in [3.8, 4) is 0 Å². The quantitative estimate of drug-likeness (QED) is 0.777. The maximum absolute atomic E-state index is 11.9. The van der Waals surface area contributed by atoms with Crippen molar-refractivity contribution in [1.82, 2.24) is 5.32 Å². The van der Waals surface area contributed by atoms with Crippen LogP contribution in [-0.4, -0.2) is 35.2 Å². The van der Waals surface area contributed by atoms with E-state index >= 15 is 0 Å². The second-order valence-electron chi connectivity index (χ2n) is 4.68. The summed E-state index contributed by atoms with van der Waals surface area (Å²) in [5.41, 5.74) is -0.0917. The number of anilines is 1. The average Bonchev–Trinajstić information content (AvgIpc) is 2.92. The van der Waals surface area contributed by atoms with E-state index in [1.54, 1.807) is 0 Å². The topological polar surface area (TPSA) is 78.4 Å². The minimum Gasteiger partial charge on any atom is -0.478 e. The van der Waals surface area contributed by atoms with E-state index in [1.807, 2.05) is 11.8 Å². The summed E-state index contributed by atoms with van der Waals surface area (Å²) in [6.45, 7) is 0.562. The third kappa shape index (κ3) is 4.43. The van der Waals surface area contributed by atoms with Gasteiger partial charge in [0.1, 0.15) is 0 Å². The Balaban J connectivity index is 2.04. The van der Waals surface area contributed by atoms with Crippen LogP contribution in [0, 0.1) is 5.92 Å². The Morgan fingerprint density at radius 2 is 2.14 bits per heavy atom. The lowest BCUT2D eigenvalue weighted by atomic mass is 10.1. The maximum atomic E-state index is 11.9. The number of hydrogen-bond donors (Lipinski definition) is 3. The van der Waals surface area contributed by atoms with Crippen molar-refractivity contribution < 1.29 is 14.7 Å². The SMILES string of the molecule is O=C(NCC1CCSC1)Nc1c(Cl)cc(Cl)cc1C(=O)O. The maximum Gasteiger partial charge on any atom is 0.337 e. The fourth-order valence-electron chi connectivity index (χ4n) is 2.01. The molecule has 1 aromatic carbocycles. The number of urea groups is 1. The van der Waals surface area contributed by atoms with Gasteiger partial charge in [0.25, 0.3) is 0 Å². The fourth-order valence-corrected chi connectivity index (χ4v) is 3.83. The highest BCUT2D eigenvalue weighted by atomic mass is 35.5. The first kappa shape index (κ1) is 16.3. The number of thioether (sulfide) groups is 1. The molecule has 21 heavy (non-hydrogen) atoms. The lowest BCUT2D eigenvalue weighted by Gasteiger charge is -2.14. The third-order valence-electron chi connectivity index (χ3n) is 3.10.